The van der Waals surface area contributed by atoms with Crippen LogP contribution in [0.2, 0.25) is 5.02 Å². The Morgan fingerprint density at radius 3 is 2.45 bits per heavy atom. The highest BCUT2D eigenvalue weighted by molar-refractivity contribution is 9.10. The molecule has 0 aromatic heterocycles. The molecule has 29 heavy (non-hydrogen) atoms. The predicted octanol–water partition coefficient (Wildman–Crippen LogP) is 6.22. The Morgan fingerprint density at radius 1 is 1.00 bits per heavy atom. The van der Waals surface area contributed by atoms with E-state index in [1.165, 1.54) is 23.9 Å². The smallest absolute Gasteiger partial charge is 0.255 e. The molecule has 0 aliphatic rings. The van der Waals surface area contributed by atoms with Crippen molar-refractivity contribution in [3.05, 3.63) is 87.6 Å². The van der Waals surface area contributed by atoms with Crippen molar-refractivity contribution in [2.24, 2.45) is 0 Å². The van der Waals surface area contributed by atoms with Gasteiger partial charge in [-0.3, -0.25) is 9.59 Å². The lowest BCUT2D eigenvalue weighted by Crippen LogP contribution is -2.15. The fourth-order valence-electron chi connectivity index (χ4n) is 2.39. The van der Waals surface area contributed by atoms with E-state index in [0.717, 1.165) is 4.90 Å². The molecule has 0 aliphatic carbocycles. The van der Waals surface area contributed by atoms with E-state index in [0.29, 0.717) is 20.7 Å². The minimum Gasteiger partial charge on any atom is -0.323 e. The van der Waals surface area contributed by atoms with Gasteiger partial charge in [-0.15, -0.1) is 11.8 Å². The zero-order valence-corrected chi connectivity index (χ0v) is 18.1. The van der Waals surface area contributed by atoms with Gasteiger partial charge < -0.3 is 10.6 Å². The number of halogens is 3. The number of nitrogens with one attached hydrogen (secondary N) is 2. The van der Waals surface area contributed by atoms with Crippen LogP contribution in [0.1, 0.15) is 10.4 Å². The van der Waals surface area contributed by atoms with Crippen molar-refractivity contribution in [2.45, 2.75) is 4.90 Å². The third-order valence-electron chi connectivity index (χ3n) is 3.77. The zero-order valence-electron chi connectivity index (χ0n) is 14.9. The van der Waals surface area contributed by atoms with Crippen LogP contribution in [0, 0.1) is 5.82 Å². The second-order valence-electron chi connectivity index (χ2n) is 5.95. The van der Waals surface area contributed by atoms with E-state index in [9.17, 15) is 14.0 Å². The Hall–Kier alpha value is -2.35. The van der Waals surface area contributed by atoms with E-state index >= 15 is 0 Å². The predicted molar refractivity (Wildman–Crippen MR) is 119 cm³/mol. The zero-order chi connectivity index (χ0) is 20.8. The van der Waals surface area contributed by atoms with Crippen molar-refractivity contribution in [1.29, 1.82) is 0 Å². The van der Waals surface area contributed by atoms with E-state index in [1.807, 2.05) is 0 Å². The topological polar surface area (TPSA) is 58.2 Å². The quantitative estimate of drug-likeness (QED) is 0.401. The number of carbonyl (C=O) groups is 2. The van der Waals surface area contributed by atoms with Crippen molar-refractivity contribution in [2.75, 3.05) is 16.4 Å². The summed E-state index contributed by atoms with van der Waals surface area (Å²) < 4.78 is 14.4. The van der Waals surface area contributed by atoms with Crippen LogP contribution in [-0.4, -0.2) is 17.6 Å². The number of amides is 2. The van der Waals surface area contributed by atoms with E-state index < -0.39 is 5.82 Å². The van der Waals surface area contributed by atoms with Gasteiger partial charge >= 0.3 is 0 Å². The molecule has 3 rings (SSSR count). The molecular weight excluding hydrogens is 479 g/mol. The summed E-state index contributed by atoms with van der Waals surface area (Å²) >= 11 is 10.4. The summed E-state index contributed by atoms with van der Waals surface area (Å²) in [5.41, 5.74) is 1.23. The summed E-state index contributed by atoms with van der Waals surface area (Å²) in [6, 6.07) is 18.2. The van der Waals surface area contributed by atoms with Crippen LogP contribution in [0.15, 0.2) is 76.1 Å². The van der Waals surface area contributed by atoms with Crippen molar-refractivity contribution in [3.8, 4) is 0 Å². The van der Waals surface area contributed by atoms with Crippen LogP contribution in [0.3, 0.4) is 0 Å². The van der Waals surface area contributed by atoms with Crippen molar-refractivity contribution < 1.29 is 14.0 Å². The molecule has 8 heteroatoms. The number of hydrogen-bond acceptors (Lipinski definition) is 3. The molecule has 0 aliphatic heterocycles. The number of thioether (sulfide) groups is 1. The van der Waals surface area contributed by atoms with Gasteiger partial charge in [0.15, 0.2) is 0 Å². The highest BCUT2D eigenvalue weighted by Gasteiger charge is 2.09. The number of hydrogen-bond donors (Lipinski definition) is 2. The molecule has 4 nitrogen and oxygen atoms in total. The fourth-order valence-corrected chi connectivity index (χ4v) is 3.62. The van der Waals surface area contributed by atoms with E-state index in [2.05, 4.69) is 26.6 Å². The minimum atomic E-state index is -0.502. The molecule has 2 amide bonds. The van der Waals surface area contributed by atoms with Gasteiger partial charge in [-0.05, 0) is 60.7 Å². The first-order valence-corrected chi connectivity index (χ1v) is 10.6. The van der Waals surface area contributed by atoms with Gasteiger partial charge in [0.25, 0.3) is 5.91 Å². The Bertz CT molecular complexity index is 1050. The normalized spacial score (nSPS) is 10.4. The molecule has 0 fully saturated rings. The SMILES string of the molecule is O=C(CSc1ccc(NC(=O)c2cccc(Cl)c2)cc1)Nc1ccc(Br)cc1F. The Balaban J connectivity index is 1.52. The van der Waals surface area contributed by atoms with Crippen molar-refractivity contribution in [3.63, 3.8) is 0 Å². The van der Waals surface area contributed by atoms with Crippen molar-refractivity contribution in [1.82, 2.24) is 0 Å². The van der Waals surface area contributed by atoms with E-state index in [-0.39, 0.29) is 23.3 Å². The number of carbonyl (C=O) groups excluding carboxylic acids is 2. The average molecular weight is 494 g/mol. The van der Waals surface area contributed by atoms with Crippen molar-refractivity contribution >= 4 is 62.5 Å². The molecule has 148 valence electrons. The molecule has 0 radical (unpaired) electrons. The second kappa shape index (κ2) is 9.91. The molecule has 3 aromatic carbocycles. The van der Waals surface area contributed by atoms with Crippen LogP contribution in [0.25, 0.3) is 0 Å². The van der Waals surface area contributed by atoms with Gasteiger partial charge in [0.05, 0.1) is 11.4 Å². The molecule has 0 spiro atoms. The van der Waals surface area contributed by atoms with Crippen LogP contribution in [0.5, 0.6) is 0 Å². The van der Waals surface area contributed by atoms with E-state index in [1.54, 1.807) is 54.6 Å². The number of benzene rings is 3. The van der Waals surface area contributed by atoms with Gasteiger partial charge in [-0.2, -0.15) is 0 Å². The Labute approximate surface area is 185 Å². The summed E-state index contributed by atoms with van der Waals surface area (Å²) in [4.78, 5) is 25.1. The molecule has 2 N–H and O–H groups in total. The Morgan fingerprint density at radius 2 is 1.76 bits per heavy atom. The van der Waals surface area contributed by atoms with E-state index in [4.69, 9.17) is 11.6 Å². The second-order valence-corrected chi connectivity index (χ2v) is 8.35. The Kier molecular flexibility index (Phi) is 7.30. The third-order valence-corrected chi connectivity index (χ3v) is 5.51. The third kappa shape index (κ3) is 6.32. The molecule has 0 saturated heterocycles. The molecular formula is C21H15BrClFN2O2S. The number of rotatable bonds is 6. The van der Waals surface area contributed by atoms with Gasteiger partial charge in [-0.1, -0.05) is 33.6 Å². The largest absolute Gasteiger partial charge is 0.323 e. The van der Waals surface area contributed by atoms with Crippen LogP contribution in [-0.2, 0) is 4.79 Å². The molecule has 0 saturated carbocycles. The highest BCUT2D eigenvalue weighted by atomic mass is 79.9. The maximum atomic E-state index is 13.8. The first-order chi connectivity index (χ1) is 13.9. The minimum absolute atomic E-state index is 0.129. The summed E-state index contributed by atoms with van der Waals surface area (Å²) in [7, 11) is 0. The first-order valence-electron chi connectivity index (χ1n) is 8.45. The van der Waals surface area contributed by atoms with Gasteiger partial charge in [-0.25, -0.2) is 4.39 Å². The van der Waals surface area contributed by atoms with Crippen LogP contribution < -0.4 is 10.6 Å². The lowest BCUT2D eigenvalue weighted by atomic mass is 10.2. The van der Waals surface area contributed by atoms with Gasteiger partial charge in [0.2, 0.25) is 5.91 Å². The fraction of sp³-hybridized carbons (Fsp3) is 0.0476. The highest BCUT2D eigenvalue weighted by Crippen LogP contribution is 2.23. The first kappa shape index (κ1) is 21.4. The lowest BCUT2D eigenvalue weighted by Gasteiger charge is -2.08. The number of anilines is 2. The molecule has 3 aromatic rings. The summed E-state index contributed by atoms with van der Waals surface area (Å²) in [6.07, 6.45) is 0. The maximum Gasteiger partial charge on any atom is 0.255 e. The van der Waals surface area contributed by atoms with Crippen LogP contribution >= 0.6 is 39.3 Å². The van der Waals surface area contributed by atoms with Gasteiger partial charge in [0.1, 0.15) is 5.82 Å². The summed E-state index contributed by atoms with van der Waals surface area (Å²) in [5, 5.41) is 5.83. The molecule has 0 bridgehead atoms. The molecule has 0 heterocycles. The summed E-state index contributed by atoms with van der Waals surface area (Å²) in [6.45, 7) is 0. The van der Waals surface area contributed by atoms with Crippen LogP contribution in [0.4, 0.5) is 15.8 Å². The molecule has 0 atom stereocenters. The summed E-state index contributed by atoms with van der Waals surface area (Å²) in [5.74, 6) is -0.945. The maximum absolute atomic E-state index is 13.8. The molecule has 0 unspecified atom stereocenters. The lowest BCUT2D eigenvalue weighted by molar-refractivity contribution is -0.113. The average Bonchev–Trinajstić information content (AvgIpc) is 2.69. The van der Waals surface area contributed by atoms with Gasteiger partial charge in [0, 0.05) is 25.6 Å². The monoisotopic (exact) mass is 492 g/mol. The standard InChI is InChI=1S/C21H15BrClFN2O2S/c22-14-4-9-19(18(24)11-14)26-20(27)12-29-17-7-5-16(6-8-17)25-21(28)13-2-1-3-15(23)10-13/h1-11H,12H2,(H,25,28)(H,26,27).